The quantitative estimate of drug-likeness (QED) is 0.913. The van der Waals surface area contributed by atoms with Gasteiger partial charge in [0.1, 0.15) is 5.82 Å². The third-order valence-corrected chi connectivity index (χ3v) is 3.55. The zero-order chi connectivity index (χ0) is 13.8. The van der Waals surface area contributed by atoms with Crippen LogP contribution in [-0.2, 0) is 11.3 Å². The number of phenolic OH excluding ortho intramolecular Hbond substituents is 1. The molecule has 0 aromatic heterocycles. The number of benzene rings is 1. The molecule has 1 aliphatic heterocycles. The number of ether oxygens (including phenoxy) is 1. The molecule has 1 unspecified atom stereocenters. The van der Waals surface area contributed by atoms with Gasteiger partial charge in [-0.3, -0.25) is 4.90 Å². The summed E-state index contributed by atoms with van der Waals surface area (Å²) >= 11 is 0. The number of likely N-dealkylation sites (tertiary alicyclic amines) is 1. The lowest BCUT2D eigenvalue weighted by Gasteiger charge is -2.32. The molecule has 19 heavy (non-hydrogen) atoms. The number of halogens is 2. The van der Waals surface area contributed by atoms with Crippen LogP contribution in [0.4, 0.5) is 8.78 Å². The van der Waals surface area contributed by atoms with E-state index in [-0.39, 0.29) is 12.1 Å². The molecule has 3 nitrogen and oxygen atoms in total. The van der Waals surface area contributed by atoms with Gasteiger partial charge in [-0.2, -0.15) is 0 Å². The molecule has 1 aliphatic rings. The Kier molecular flexibility index (Phi) is 4.71. The highest BCUT2D eigenvalue weighted by Gasteiger charge is 2.22. The number of nitrogens with zero attached hydrogens (tertiary/aromatic N) is 1. The third-order valence-electron chi connectivity index (χ3n) is 3.55. The molecular formula is C14H19F2NO2. The molecule has 0 bridgehead atoms. The van der Waals surface area contributed by atoms with E-state index in [0.717, 1.165) is 38.1 Å². The smallest absolute Gasteiger partial charge is 0.172 e. The number of hydrogen-bond acceptors (Lipinski definition) is 3. The second-order valence-corrected chi connectivity index (χ2v) is 5.06. The maximum atomic E-state index is 13.7. The summed E-state index contributed by atoms with van der Waals surface area (Å²) in [5.74, 6) is -1.55. The molecular weight excluding hydrogens is 252 g/mol. The minimum absolute atomic E-state index is 0.0573. The second-order valence-electron chi connectivity index (χ2n) is 5.06. The molecule has 2 rings (SSSR count). The SMILES string of the molecule is COCC1CCCN(Cc2c(F)ccc(O)c2F)C1. The molecule has 1 heterocycles. The fourth-order valence-electron chi connectivity index (χ4n) is 2.62. The summed E-state index contributed by atoms with van der Waals surface area (Å²) in [6.45, 7) is 2.44. The third kappa shape index (κ3) is 3.42. The first-order chi connectivity index (χ1) is 9.11. The van der Waals surface area contributed by atoms with Gasteiger partial charge >= 0.3 is 0 Å². The molecule has 0 amide bonds. The Bertz CT molecular complexity index is 438. The van der Waals surface area contributed by atoms with E-state index in [1.165, 1.54) is 0 Å². The Hall–Kier alpha value is -1.20. The molecule has 0 saturated carbocycles. The van der Waals surface area contributed by atoms with Gasteiger partial charge in [0.15, 0.2) is 11.6 Å². The standard InChI is InChI=1S/C14H19F2NO2/c1-19-9-10-3-2-6-17(7-10)8-11-12(15)4-5-13(18)14(11)16/h4-5,10,18H,2-3,6-9H2,1H3. The average molecular weight is 271 g/mol. The van der Waals surface area contributed by atoms with Gasteiger partial charge < -0.3 is 9.84 Å². The summed E-state index contributed by atoms with van der Waals surface area (Å²) in [5.41, 5.74) is -0.0573. The minimum Gasteiger partial charge on any atom is -0.505 e. The van der Waals surface area contributed by atoms with Crippen LogP contribution in [0.3, 0.4) is 0 Å². The van der Waals surface area contributed by atoms with Crippen LogP contribution in [0.2, 0.25) is 0 Å². The Morgan fingerprint density at radius 1 is 1.42 bits per heavy atom. The van der Waals surface area contributed by atoms with Crippen LogP contribution in [0.25, 0.3) is 0 Å². The van der Waals surface area contributed by atoms with E-state index in [4.69, 9.17) is 4.74 Å². The Morgan fingerprint density at radius 3 is 2.95 bits per heavy atom. The van der Waals surface area contributed by atoms with Crippen LogP contribution in [0, 0.1) is 17.6 Å². The number of rotatable bonds is 4. The monoisotopic (exact) mass is 271 g/mol. The van der Waals surface area contributed by atoms with Crippen molar-refractivity contribution < 1.29 is 18.6 Å². The summed E-state index contributed by atoms with van der Waals surface area (Å²) in [6.07, 6.45) is 2.07. The summed E-state index contributed by atoms with van der Waals surface area (Å²) in [6, 6.07) is 2.14. The molecule has 1 atom stereocenters. The van der Waals surface area contributed by atoms with Crippen LogP contribution in [0.5, 0.6) is 5.75 Å². The van der Waals surface area contributed by atoms with E-state index < -0.39 is 17.4 Å². The van der Waals surface area contributed by atoms with Crippen LogP contribution >= 0.6 is 0 Å². The normalized spacial score (nSPS) is 20.7. The molecule has 0 spiro atoms. The van der Waals surface area contributed by atoms with Gasteiger partial charge in [-0.25, -0.2) is 8.78 Å². The molecule has 0 aliphatic carbocycles. The topological polar surface area (TPSA) is 32.7 Å². The van der Waals surface area contributed by atoms with E-state index in [1.807, 2.05) is 4.90 Å². The first-order valence-corrected chi connectivity index (χ1v) is 6.49. The zero-order valence-corrected chi connectivity index (χ0v) is 11.0. The van der Waals surface area contributed by atoms with Gasteiger partial charge in [-0.05, 0) is 37.4 Å². The van der Waals surface area contributed by atoms with Crippen molar-refractivity contribution in [3.8, 4) is 5.75 Å². The van der Waals surface area contributed by atoms with Gasteiger partial charge in [0, 0.05) is 25.8 Å². The van der Waals surface area contributed by atoms with E-state index in [0.29, 0.717) is 12.5 Å². The van der Waals surface area contributed by atoms with Crippen molar-refractivity contribution in [1.29, 1.82) is 0 Å². The van der Waals surface area contributed by atoms with Crippen molar-refractivity contribution in [2.75, 3.05) is 26.8 Å². The first-order valence-electron chi connectivity index (χ1n) is 6.49. The van der Waals surface area contributed by atoms with Gasteiger partial charge in [-0.1, -0.05) is 0 Å². The second kappa shape index (κ2) is 6.30. The van der Waals surface area contributed by atoms with Crippen LogP contribution in [0.15, 0.2) is 12.1 Å². The predicted octanol–water partition coefficient (Wildman–Crippen LogP) is 2.53. The van der Waals surface area contributed by atoms with E-state index >= 15 is 0 Å². The molecule has 1 fully saturated rings. The number of piperidine rings is 1. The molecule has 1 N–H and O–H groups in total. The lowest BCUT2D eigenvalue weighted by Crippen LogP contribution is -2.37. The maximum absolute atomic E-state index is 13.7. The van der Waals surface area contributed by atoms with Crippen molar-refractivity contribution in [2.24, 2.45) is 5.92 Å². The molecule has 0 radical (unpaired) electrons. The number of hydrogen-bond donors (Lipinski definition) is 1. The fourth-order valence-corrected chi connectivity index (χ4v) is 2.62. The molecule has 1 aromatic carbocycles. The maximum Gasteiger partial charge on any atom is 0.172 e. The van der Waals surface area contributed by atoms with E-state index in [2.05, 4.69) is 0 Å². The fraction of sp³-hybridized carbons (Fsp3) is 0.571. The van der Waals surface area contributed by atoms with Crippen molar-refractivity contribution in [1.82, 2.24) is 4.90 Å². The number of methoxy groups -OCH3 is 1. The highest BCUT2D eigenvalue weighted by atomic mass is 19.1. The lowest BCUT2D eigenvalue weighted by molar-refractivity contribution is 0.0862. The Morgan fingerprint density at radius 2 is 2.21 bits per heavy atom. The molecule has 1 aromatic rings. The summed E-state index contributed by atoms with van der Waals surface area (Å²) in [5, 5.41) is 9.31. The lowest BCUT2D eigenvalue weighted by atomic mass is 9.98. The van der Waals surface area contributed by atoms with Crippen LogP contribution in [0.1, 0.15) is 18.4 Å². The molecule has 5 heteroatoms. The zero-order valence-electron chi connectivity index (χ0n) is 11.0. The van der Waals surface area contributed by atoms with Crippen molar-refractivity contribution in [3.05, 3.63) is 29.3 Å². The molecule has 1 saturated heterocycles. The highest BCUT2D eigenvalue weighted by molar-refractivity contribution is 5.31. The number of aromatic hydroxyl groups is 1. The Balaban J connectivity index is 2.06. The first kappa shape index (κ1) is 14.2. The van der Waals surface area contributed by atoms with Crippen LogP contribution in [-0.4, -0.2) is 36.8 Å². The minimum atomic E-state index is -0.853. The summed E-state index contributed by atoms with van der Waals surface area (Å²) < 4.78 is 32.5. The highest BCUT2D eigenvalue weighted by Crippen LogP contribution is 2.25. The molecule has 106 valence electrons. The van der Waals surface area contributed by atoms with Crippen molar-refractivity contribution in [2.45, 2.75) is 19.4 Å². The van der Waals surface area contributed by atoms with Gasteiger partial charge in [0.25, 0.3) is 0 Å². The van der Waals surface area contributed by atoms with Gasteiger partial charge in [0.05, 0.1) is 6.61 Å². The van der Waals surface area contributed by atoms with Crippen molar-refractivity contribution >= 4 is 0 Å². The Labute approximate surface area is 111 Å². The summed E-state index contributed by atoms with van der Waals surface area (Å²) in [4.78, 5) is 2.01. The number of phenols is 1. The van der Waals surface area contributed by atoms with E-state index in [9.17, 15) is 13.9 Å². The van der Waals surface area contributed by atoms with Gasteiger partial charge in [-0.15, -0.1) is 0 Å². The van der Waals surface area contributed by atoms with E-state index in [1.54, 1.807) is 7.11 Å². The van der Waals surface area contributed by atoms with Crippen molar-refractivity contribution in [3.63, 3.8) is 0 Å². The largest absolute Gasteiger partial charge is 0.505 e. The average Bonchev–Trinajstić information content (AvgIpc) is 2.40. The predicted molar refractivity (Wildman–Crippen MR) is 67.9 cm³/mol. The van der Waals surface area contributed by atoms with Crippen LogP contribution < -0.4 is 0 Å². The summed E-state index contributed by atoms with van der Waals surface area (Å²) in [7, 11) is 1.66. The van der Waals surface area contributed by atoms with Gasteiger partial charge in [0.2, 0.25) is 0 Å².